The number of aromatic nitrogens is 1. The lowest BCUT2D eigenvalue weighted by atomic mass is 10.6. The molecule has 0 aliphatic rings. The number of thiazole rings is 1. The van der Waals surface area contributed by atoms with Gasteiger partial charge in [0.2, 0.25) is 0 Å². The van der Waals surface area contributed by atoms with Crippen LogP contribution in [-0.2, 0) is 0 Å². The maximum atomic E-state index is 8.53. The third kappa shape index (κ3) is 1.85. The minimum absolute atomic E-state index is 0.355. The van der Waals surface area contributed by atoms with Crippen LogP contribution in [-0.4, -0.2) is 10.7 Å². The first-order valence-electron chi connectivity index (χ1n) is 3.07. The first-order valence-corrected chi connectivity index (χ1v) is 4.87. The molecule has 0 fully saturated rings. The molecule has 1 heterocycles. The Labute approximate surface area is 73.2 Å². The van der Waals surface area contributed by atoms with Crippen molar-refractivity contribution in [3.8, 4) is 6.07 Å². The fourth-order valence-corrected chi connectivity index (χ4v) is 2.34. The van der Waals surface area contributed by atoms with Crippen LogP contribution in [0.25, 0.3) is 0 Å². The molecule has 1 rings (SSSR count). The Morgan fingerprint density at radius 1 is 1.82 bits per heavy atom. The topological polar surface area (TPSA) is 62.7 Å². The van der Waals surface area contributed by atoms with E-state index in [2.05, 4.69) is 4.98 Å². The maximum Gasteiger partial charge on any atom is 0.154 e. The van der Waals surface area contributed by atoms with Gasteiger partial charge in [-0.1, -0.05) is 30.0 Å². The summed E-state index contributed by atoms with van der Waals surface area (Å²) in [4.78, 5) is 4.52. The average Bonchev–Trinajstić information content (AvgIpc) is 2.32. The van der Waals surface area contributed by atoms with E-state index >= 15 is 0 Å². The normalized spacial score (nSPS) is 9.45. The van der Waals surface area contributed by atoms with Crippen LogP contribution in [0.5, 0.6) is 0 Å². The molecular formula is C6H7N3S2. The number of anilines is 1. The second-order valence-electron chi connectivity index (χ2n) is 1.74. The zero-order valence-corrected chi connectivity index (χ0v) is 7.63. The van der Waals surface area contributed by atoms with E-state index in [9.17, 15) is 0 Å². The summed E-state index contributed by atoms with van der Waals surface area (Å²) < 4.78 is 0.876. The fraction of sp³-hybridized carbons (Fsp3) is 0.333. The van der Waals surface area contributed by atoms with Crippen molar-refractivity contribution >= 4 is 28.9 Å². The number of nitrogens with two attached hydrogens (primary N) is 1. The van der Waals surface area contributed by atoms with Crippen LogP contribution < -0.4 is 5.73 Å². The Balaban J connectivity index is 2.89. The van der Waals surface area contributed by atoms with Crippen molar-refractivity contribution in [1.82, 2.24) is 4.98 Å². The first-order chi connectivity index (χ1) is 5.27. The molecule has 0 amide bonds. The molecule has 0 unspecified atom stereocenters. The van der Waals surface area contributed by atoms with E-state index in [-0.39, 0.29) is 0 Å². The van der Waals surface area contributed by atoms with Crippen LogP contribution in [0.2, 0.25) is 0 Å². The lowest BCUT2D eigenvalue weighted by Gasteiger charge is -1.85. The Kier molecular flexibility index (Phi) is 2.74. The standard InChI is InChI=1S/C6H7N3S2/c1-2-10-6-9-5(8)4(3-7)11-6/h2,8H2,1H3. The molecule has 0 aliphatic heterocycles. The summed E-state index contributed by atoms with van der Waals surface area (Å²) in [6.07, 6.45) is 0. The minimum atomic E-state index is 0.355. The van der Waals surface area contributed by atoms with Crippen molar-refractivity contribution in [2.24, 2.45) is 0 Å². The number of hydrogen-bond donors (Lipinski definition) is 1. The highest BCUT2D eigenvalue weighted by Crippen LogP contribution is 2.27. The van der Waals surface area contributed by atoms with Gasteiger partial charge in [0.15, 0.2) is 10.2 Å². The molecule has 5 heteroatoms. The van der Waals surface area contributed by atoms with E-state index in [1.165, 1.54) is 11.3 Å². The van der Waals surface area contributed by atoms with E-state index in [1.54, 1.807) is 11.8 Å². The summed E-state index contributed by atoms with van der Waals surface area (Å²) in [7, 11) is 0. The first kappa shape index (κ1) is 8.37. The summed E-state index contributed by atoms with van der Waals surface area (Å²) in [5.41, 5.74) is 5.45. The molecule has 0 radical (unpaired) electrons. The molecule has 0 aromatic carbocycles. The summed E-state index contributed by atoms with van der Waals surface area (Å²) in [6, 6.07) is 1.99. The minimum Gasteiger partial charge on any atom is -0.382 e. The number of thioether (sulfide) groups is 1. The van der Waals surface area contributed by atoms with Gasteiger partial charge in [0, 0.05) is 0 Å². The Hall–Kier alpha value is -0.730. The van der Waals surface area contributed by atoms with Gasteiger partial charge in [0.05, 0.1) is 0 Å². The second-order valence-corrected chi connectivity index (χ2v) is 4.25. The fourth-order valence-electron chi connectivity index (χ4n) is 0.577. The molecular weight excluding hydrogens is 178 g/mol. The van der Waals surface area contributed by atoms with E-state index in [1.807, 2.05) is 13.0 Å². The van der Waals surface area contributed by atoms with Crippen LogP contribution in [0.15, 0.2) is 4.34 Å². The number of nitrogen functional groups attached to an aromatic ring is 1. The van der Waals surface area contributed by atoms with Gasteiger partial charge in [-0.05, 0) is 5.75 Å². The van der Waals surface area contributed by atoms with Gasteiger partial charge in [0.1, 0.15) is 10.9 Å². The van der Waals surface area contributed by atoms with Crippen molar-refractivity contribution in [1.29, 1.82) is 5.26 Å². The van der Waals surface area contributed by atoms with Gasteiger partial charge in [-0.15, -0.1) is 0 Å². The van der Waals surface area contributed by atoms with Gasteiger partial charge in [-0.3, -0.25) is 0 Å². The maximum absolute atomic E-state index is 8.53. The molecule has 1 aromatic rings. The zero-order chi connectivity index (χ0) is 8.27. The molecule has 0 spiro atoms. The summed E-state index contributed by atoms with van der Waals surface area (Å²) >= 11 is 2.95. The molecule has 0 bridgehead atoms. The highest BCUT2D eigenvalue weighted by Gasteiger charge is 2.06. The molecule has 3 nitrogen and oxygen atoms in total. The smallest absolute Gasteiger partial charge is 0.154 e. The Bertz CT molecular complexity index is 287. The van der Waals surface area contributed by atoms with Gasteiger partial charge < -0.3 is 5.73 Å². The molecule has 2 N–H and O–H groups in total. The van der Waals surface area contributed by atoms with Crippen LogP contribution in [0.3, 0.4) is 0 Å². The average molecular weight is 185 g/mol. The zero-order valence-electron chi connectivity index (χ0n) is 6.00. The molecule has 11 heavy (non-hydrogen) atoms. The van der Waals surface area contributed by atoms with E-state index < -0.39 is 0 Å². The number of hydrogen-bond acceptors (Lipinski definition) is 5. The third-order valence-corrected chi connectivity index (χ3v) is 3.00. The van der Waals surface area contributed by atoms with Gasteiger partial charge in [-0.2, -0.15) is 5.26 Å². The summed E-state index contributed by atoms with van der Waals surface area (Å²) in [5.74, 6) is 1.31. The molecule has 1 aromatic heterocycles. The van der Waals surface area contributed by atoms with E-state index in [0.717, 1.165) is 10.1 Å². The van der Waals surface area contributed by atoms with E-state index in [4.69, 9.17) is 11.0 Å². The van der Waals surface area contributed by atoms with E-state index in [0.29, 0.717) is 10.7 Å². The predicted octanol–water partition coefficient (Wildman–Crippen LogP) is 1.71. The van der Waals surface area contributed by atoms with Crippen molar-refractivity contribution < 1.29 is 0 Å². The van der Waals surface area contributed by atoms with Crippen LogP contribution in [0.1, 0.15) is 11.8 Å². The van der Waals surface area contributed by atoms with Crippen LogP contribution >= 0.6 is 23.1 Å². The number of nitriles is 1. The van der Waals surface area contributed by atoms with Crippen molar-refractivity contribution in [3.63, 3.8) is 0 Å². The molecule has 0 aliphatic carbocycles. The van der Waals surface area contributed by atoms with Crippen molar-refractivity contribution in [2.75, 3.05) is 11.5 Å². The highest BCUT2D eigenvalue weighted by atomic mass is 32.2. The monoisotopic (exact) mass is 185 g/mol. The SMILES string of the molecule is CCSc1nc(N)c(C#N)s1. The lowest BCUT2D eigenvalue weighted by Crippen LogP contribution is -1.86. The summed E-state index contributed by atoms with van der Waals surface area (Å²) in [5, 5.41) is 8.53. The summed E-state index contributed by atoms with van der Waals surface area (Å²) in [6.45, 7) is 2.04. The second kappa shape index (κ2) is 3.60. The predicted molar refractivity (Wildman–Crippen MR) is 47.6 cm³/mol. The third-order valence-electron chi connectivity index (χ3n) is 1.00. The van der Waals surface area contributed by atoms with Gasteiger partial charge in [0.25, 0.3) is 0 Å². The largest absolute Gasteiger partial charge is 0.382 e. The Morgan fingerprint density at radius 3 is 3.00 bits per heavy atom. The molecule has 0 saturated heterocycles. The van der Waals surface area contributed by atoms with Gasteiger partial charge in [-0.25, -0.2) is 4.98 Å². The van der Waals surface area contributed by atoms with Crippen LogP contribution in [0.4, 0.5) is 5.82 Å². The highest BCUT2D eigenvalue weighted by molar-refractivity contribution is 8.01. The quantitative estimate of drug-likeness (QED) is 0.712. The lowest BCUT2D eigenvalue weighted by molar-refractivity contribution is 1.25. The molecule has 0 saturated carbocycles. The molecule has 58 valence electrons. The number of rotatable bonds is 2. The Morgan fingerprint density at radius 2 is 2.55 bits per heavy atom. The molecule has 0 atom stereocenters. The van der Waals surface area contributed by atoms with Crippen molar-refractivity contribution in [3.05, 3.63) is 4.88 Å². The van der Waals surface area contributed by atoms with Crippen LogP contribution in [0, 0.1) is 11.3 Å². The number of nitrogens with zero attached hydrogens (tertiary/aromatic N) is 2. The van der Waals surface area contributed by atoms with Gasteiger partial charge >= 0.3 is 0 Å². The van der Waals surface area contributed by atoms with Crippen molar-refractivity contribution in [2.45, 2.75) is 11.3 Å².